The molecule has 2 aromatic rings. The van der Waals surface area contributed by atoms with Crippen molar-refractivity contribution in [3.05, 3.63) is 70.5 Å². The van der Waals surface area contributed by atoms with Crippen LogP contribution in [0.5, 0.6) is 0 Å². The smallest absolute Gasteiger partial charge is 0.224 e. The first-order valence-corrected chi connectivity index (χ1v) is 9.43. The van der Waals surface area contributed by atoms with Crippen molar-refractivity contribution < 1.29 is 9.18 Å². The molecular formula is C21H24ClFN2O. The van der Waals surface area contributed by atoms with Crippen molar-refractivity contribution in [2.45, 2.75) is 25.8 Å². The lowest BCUT2D eigenvalue weighted by molar-refractivity contribution is -0.127. The van der Waals surface area contributed by atoms with Gasteiger partial charge in [-0.3, -0.25) is 9.69 Å². The van der Waals surface area contributed by atoms with Gasteiger partial charge in [-0.2, -0.15) is 0 Å². The molecule has 26 heavy (non-hydrogen) atoms. The molecule has 3 rings (SSSR count). The molecule has 0 unspecified atom stereocenters. The van der Waals surface area contributed by atoms with E-state index in [1.807, 2.05) is 43.3 Å². The third kappa shape index (κ3) is 4.63. The van der Waals surface area contributed by atoms with Gasteiger partial charge in [-0.15, -0.1) is 0 Å². The number of amides is 1. The maximum Gasteiger partial charge on any atom is 0.224 e. The summed E-state index contributed by atoms with van der Waals surface area (Å²) in [6, 6.07) is 14.4. The Bertz CT molecular complexity index is 750. The van der Waals surface area contributed by atoms with Crippen LogP contribution in [-0.4, -0.2) is 30.4 Å². The van der Waals surface area contributed by atoms with E-state index in [1.165, 1.54) is 12.1 Å². The Morgan fingerprint density at radius 3 is 2.62 bits per heavy atom. The van der Waals surface area contributed by atoms with Gasteiger partial charge in [0.15, 0.2) is 0 Å². The first-order chi connectivity index (χ1) is 12.6. The molecular weight excluding hydrogens is 351 g/mol. The Morgan fingerprint density at radius 1 is 1.19 bits per heavy atom. The van der Waals surface area contributed by atoms with E-state index in [0.29, 0.717) is 19.6 Å². The van der Waals surface area contributed by atoms with Crippen molar-refractivity contribution in [2.24, 2.45) is 5.92 Å². The molecule has 2 aromatic carbocycles. The lowest BCUT2D eigenvalue weighted by Gasteiger charge is -2.37. The molecule has 2 atom stereocenters. The van der Waals surface area contributed by atoms with Crippen LogP contribution in [0.1, 0.15) is 30.4 Å². The average molecular weight is 375 g/mol. The summed E-state index contributed by atoms with van der Waals surface area (Å²) in [4.78, 5) is 14.7. The number of likely N-dealkylation sites (tertiary alicyclic amines) is 1. The maximum absolute atomic E-state index is 13.3. The summed E-state index contributed by atoms with van der Waals surface area (Å²) in [5, 5.41) is 3.68. The van der Waals surface area contributed by atoms with Crippen LogP contribution in [0.25, 0.3) is 0 Å². The third-order valence-corrected chi connectivity index (χ3v) is 5.31. The minimum absolute atomic E-state index is 0.0822. The highest BCUT2D eigenvalue weighted by molar-refractivity contribution is 6.31. The number of nitrogens with zero attached hydrogens (tertiary/aromatic N) is 1. The lowest BCUT2D eigenvalue weighted by Crippen LogP contribution is -2.45. The van der Waals surface area contributed by atoms with Gasteiger partial charge in [0.2, 0.25) is 5.91 Å². The molecule has 0 aromatic heterocycles. The van der Waals surface area contributed by atoms with Gasteiger partial charge in [-0.1, -0.05) is 41.9 Å². The maximum atomic E-state index is 13.3. The molecule has 0 saturated carbocycles. The summed E-state index contributed by atoms with van der Waals surface area (Å²) in [7, 11) is 0. The molecule has 3 nitrogen and oxygen atoms in total. The summed E-state index contributed by atoms with van der Waals surface area (Å²) in [5.41, 5.74) is 2.13. The van der Waals surface area contributed by atoms with Gasteiger partial charge in [0.25, 0.3) is 0 Å². The molecule has 0 bridgehead atoms. The number of benzene rings is 2. The van der Waals surface area contributed by atoms with E-state index in [4.69, 9.17) is 11.6 Å². The molecule has 0 spiro atoms. The second kappa shape index (κ2) is 8.65. The average Bonchev–Trinajstić information content (AvgIpc) is 2.64. The molecule has 0 aliphatic carbocycles. The molecule has 1 aliphatic heterocycles. The van der Waals surface area contributed by atoms with Crippen molar-refractivity contribution in [3.63, 3.8) is 0 Å². The number of halogens is 2. The Morgan fingerprint density at radius 2 is 1.92 bits per heavy atom. The number of rotatable bonds is 5. The van der Waals surface area contributed by atoms with Gasteiger partial charge in [0.1, 0.15) is 5.82 Å². The van der Waals surface area contributed by atoms with Crippen molar-refractivity contribution in [1.82, 2.24) is 10.2 Å². The summed E-state index contributed by atoms with van der Waals surface area (Å²) in [6.07, 6.45) is 0.774. The summed E-state index contributed by atoms with van der Waals surface area (Å²) < 4.78 is 13.3. The molecule has 5 heteroatoms. The molecule has 0 radical (unpaired) electrons. The predicted octanol–water partition coefficient (Wildman–Crippen LogP) is 4.22. The van der Waals surface area contributed by atoms with Crippen LogP contribution in [0.4, 0.5) is 4.39 Å². The highest BCUT2D eigenvalue weighted by Gasteiger charge is 2.32. The molecule has 1 aliphatic rings. The number of nitrogens with one attached hydrogen (secondary N) is 1. The van der Waals surface area contributed by atoms with Gasteiger partial charge in [0.05, 0.1) is 5.92 Å². The van der Waals surface area contributed by atoms with Crippen LogP contribution in [0.2, 0.25) is 5.02 Å². The lowest BCUT2D eigenvalue weighted by atomic mass is 9.84. The highest BCUT2D eigenvalue weighted by atomic mass is 35.5. The van der Waals surface area contributed by atoms with E-state index in [9.17, 15) is 9.18 Å². The molecule has 1 fully saturated rings. The van der Waals surface area contributed by atoms with Gasteiger partial charge < -0.3 is 5.32 Å². The summed E-state index contributed by atoms with van der Waals surface area (Å²) >= 11 is 6.32. The van der Waals surface area contributed by atoms with Gasteiger partial charge >= 0.3 is 0 Å². The molecule has 1 heterocycles. The number of hydrogen-bond donors (Lipinski definition) is 1. The molecule has 1 amide bonds. The van der Waals surface area contributed by atoms with Crippen LogP contribution in [-0.2, 0) is 11.3 Å². The zero-order valence-corrected chi connectivity index (χ0v) is 15.7. The fourth-order valence-electron chi connectivity index (χ4n) is 3.67. The highest BCUT2D eigenvalue weighted by Crippen LogP contribution is 2.32. The topological polar surface area (TPSA) is 32.3 Å². The predicted molar refractivity (Wildman–Crippen MR) is 103 cm³/mol. The first kappa shape index (κ1) is 18.9. The van der Waals surface area contributed by atoms with Crippen LogP contribution < -0.4 is 5.32 Å². The molecule has 1 N–H and O–H groups in total. The van der Waals surface area contributed by atoms with Crippen LogP contribution >= 0.6 is 11.6 Å². The monoisotopic (exact) mass is 374 g/mol. The van der Waals surface area contributed by atoms with Crippen molar-refractivity contribution in [2.75, 3.05) is 19.6 Å². The number of hydrogen-bond acceptors (Lipinski definition) is 2. The Kier molecular flexibility index (Phi) is 6.28. The van der Waals surface area contributed by atoms with E-state index in [0.717, 1.165) is 29.1 Å². The van der Waals surface area contributed by atoms with Crippen molar-refractivity contribution >= 4 is 17.5 Å². The van der Waals surface area contributed by atoms with Gasteiger partial charge in [-0.25, -0.2) is 4.39 Å². The normalized spacial score (nSPS) is 20.7. The van der Waals surface area contributed by atoms with E-state index in [-0.39, 0.29) is 23.6 Å². The first-order valence-electron chi connectivity index (χ1n) is 9.05. The van der Waals surface area contributed by atoms with Gasteiger partial charge in [0, 0.05) is 31.2 Å². The molecule has 138 valence electrons. The second-order valence-corrected chi connectivity index (χ2v) is 7.27. The Balaban J connectivity index is 1.80. The summed E-state index contributed by atoms with van der Waals surface area (Å²) in [5.74, 6) is -0.0399. The number of carbonyl (C=O) groups excluding carboxylic acids is 1. The zero-order chi connectivity index (χ0) is 18.5. The fraction of sp³-hybridized carbons (Fsp3) is 0.381. The van der Waals surface area contributed by atoms with Crippen LogP contribution in [0.3, 0.4) is 0 Å². The number of carbonyl (C=O) groups is 1. The third-order valence-electron chi connectivity index (χ3n) is 4.94. The zero-order valence-electron chi connectivity index (χ0n) is 14.9. The Labute approximate surface area is 159 Å². The number of piperidine rings is 1. The minimum Gasteiger partial charge on any atom is -0.356 e. The van der Waals surface area contributed by atoms with Crippen LogP contribution in [0, 0.1) is 11.7 Å². The van der Waals surface area contributed by atoms with E-state index in [1.54, 1.807) is 0 Å². The van der Waals surface area contributed by atoms with E-state index in [2.05, 4.69) is 10.2 Å². The van der Waals surface area contributed by atoms with E-state index < -0.39 is 0 Å². The van der Waals surface area contributed by atoms with Crippen LogP contribution in [0.15, 0.2) is 48.5 Å². The quantitative estimate of drug-likeness (QED) is 0.849. The minimum atomic E-state index is -0.238. The largest absolute Gasteiger partial charge is 0.356 e. The second-order valence-electron chi connectivity index (χ2n) is 6.86. The van der Waals surface area contributed by atoms with Crippen molar-refractivity contribution in [1.29, 1.82) is 0 Å². The summed E-state index contributed by atoms with van der Waals surface area (Å²) in [6.45, 7) is 4.79. The SMILES string of the molecule is CCNC(=O)[C@@H]1C[C@@H](c2ccc(F)cc2)CN(Cc2ccccc2Cl)C1. The van der Waals surface area contributed by atoms with Gasteiger partial charge in [-0.05, 0) is 48.6 Å². The Hall–Kier alpha value is -1.91. The fourth-order valence-corrected chi connectivity index (χ4v) is 3.87. The van der Waals surface area contributed by atoms with E-state index >= 15 is 0 Å². The molecule has 1 saturated heterocycles. The van der Waals surface area contributed by atoms with Crippen molar-refractivity contribution in [3.8, 4) is 0 Å². The standard InChI is InChI=1S/C21H24ClFN2O/c1-2-24-21(26)18-11-17(15-7-9-19(23)10-8-15)13-25(14-18)12-16-5-3-4-6-20(16)22/h3-10,17-18H,2,11-14H2,1H3,(H,24,26)/t17-,18-/m1/s1.